The predicted molar refractivity (Wildman–Crippen MR) is 90.7 cm³/mol. The molecule has 21 heavy (non-hydrogen) atoms. The van der Waals surface area contributed by atoms with Crippen LogP contribution in [0.4, 0.5) is 0 Å². The number of hydrogen-bond acceptors (Lipinski definition) is 2. The number of rotatable bonds is 10. The molecule has 0 aromatic carbocycles. The number of ether oxygens (including phenoxy) is 1. The first-order chi connectivity index (χ1) is 10.3. The maximum absolute atomic E-state index is 5.70. The van der Waals surface area contributed by atoms with Gasteiger partial charge < -0.3 is 4.74 Å². The van der Waals surface area contributed by atoms with Crippen LogP contribution < -0.4 is 0 Å². The van der Waals surface area contributed by atoms with Gasteiger partial charge in [0.1, 0.15) is 0 Å². The van der Waals surface area contributed by atoms with E-state index in [-0.39, 0.29) is 0 Å². The van der Waals surface area contributed by atoms with E-state index in [0.717, 1.165) is 19.3 Å². The van der Waals surface area contributed by atoms with Crippen molar-refractivity contribution in [2.75, 3.05) is 26.3 Å². The smallest absolute Gasteiger partial charge is 0.0536 e. The van der Waals surface area contributed by atoms with Crippen LogP contribution in [0.2, 0.25) is 0 Å². The Bertz CT molecular complexity index is 273. The van der Waals surface area contributed by atoms with E-state index in [1.165, 1.54) is 83.7 Å². The van der Waals surface area contributed by atoms with Gasteiger partial charge in [0.15, 0.2) is 0 Å². The molecule has 0 bridgehead atoms. The van der Waals surface area contributed by atoms with E-state index in [9.17, 15) is 0 Å². The van der Waals surface area contributed by atoms with Crippen LogP contribution in [0.25, 0.3) is 0 Å². The molecule has 2 unspecified atom stereocenters. The second kappa shape index (κ2) is 9.15. The average molecular weight is 296 g/mol. The molecule has 2 saturated heterocycles. The molecule has 0 aromatic rings. The summed E-state index contributed by atoms with van der Waals surface area (Å²) >= 11 is 0. The van der Waals surface area contributed by atoms with Gasteiger partial charge in [0.25, 0.3) is 0 Å². The van der Waals surface area contributed by atoms with E-state index in [4.69, 9.17) is 4.74 Å². The zero-order valence-electron chi connectivity index (χ0n) is 14.5. The highest BCUT2D eigenvalue weighted by atomic mass is 16.5. The van der Waals surface area contributed by atoms with Crippen molar-refractivity contribution in [3.63, 3.8) is 0 Å². The van der Waals surface area contributed by atoms with Crippen molar-refractivity contribution in [2.24, 2.45) is 5.41 Å². The lowest BCUT2D eigenvalue weighted by molar-refractivity contribution is 0.139. The molecule has 2 nitrogen and oxygen atoms in total. The quantitative estimate of drug-likeness (QED) is 0.525. The minimum atomic E-state index is 0.534. The highest BCUT2D eigenvalue weighted by Gasteiger charge is 2.42. The lowest BCUT2D eigenvalue weighted by Gasteiger charge is -2.30. The average Bonchev–Trinajstić information content (AvgIpc) is 3.12. The Kier molecular flexibility index (Phi) is 7.53. The topological polar surface area (TPSA) is 12.5 Å². The van der Waals surface area contributed by atoms with Gasteiger partial charge in [-0.3, -0.25) is 4.90 Å². The number of hydrogen-bond donors (Lipinski definition) is 0. The minimum absolute atomic E-state index is 0.534. The monoisotopic (exact) mass is 295 g/mol. The van der Waals surface area contributed by atoms with E-state index in [1.807, 2.05) is 0 Å². The van der Waals surface area contributed by atoms with Crippen molar-refractivity contribution in [1.29, 1.82) is 0 Å². The standard InChI is InChI=1S/C19H37NO/c1-3-5-7-9-11-18(10-8-6-4-2)20-14-12-19(16-20)13-15-21-17-19/h18H,3-17H2,1-2H3. The summed E-state index contributed by atoms with van der Waals surface area (Å²) < 4.78 is 5.70. The molecule has 0 saturated carbocycles. The van der Waals surface area contributed by atoms with Crippen LogP contribution in [0.15, 0.2) is 0 Å². The van der Waals surface area contributed by atoms with Gasteiger partial charge in [-0.2, -0.15) is 0 Å². The molecule has 0 aromatic heterocycles. The Morgan fingerprint density at radius 1 is 0.952 bits per heavy atom. The van der Waals surface area contributed by atoms with Crippen LogP contribution in [0.3, 0.4) is 0 Å². The third-order valence-electron chi connectivity index (χ3n) is 5.70. The van der Waals surface area contributed by atoms with Gasteiger partial charge in [-0.25, -0.2) is 0 Å². The van der Waals surface area contributed by atoms with Gasteiger partial charge in [0.05, 0.1) is 6.61 Å². The molecule has 0 aliphatic carbocycles. The van der Waals surface area contributed by atoms with E-state index in [1.54, 1.807) is 0 Å². The van der Waals surface area contributed by atoms with Gasteiger partial charge in [0.2, 0.25) is 0 Å². The molecule has 2 aliphatic heterocycles. The Morgan fingerprint density at radius 2 is 1.67 bits per heavy atom. The van der Waals surface area contributed by atoms with Crippen molar-refractivity contribution in [1.82, 2.24) is 4.90 Å². The van der Waals surface area contributed by atoms with Crippen LogP contribution in [0, 0.1) is 5.41 Å². The molecule has 2 heterocycles. The Morgan fingerprint density at radius 3 is 2.33 bits per heavy atom. The number of nitrogens with zero attached hydrogens (tertiary/aromatic N) is 1. The van der Waals surface area contributed by atoms with Crippen molar-refractivity contribution in [2.45, 2.75) is 90.5 Å². The largest absolute Gasteiger partial charge is 0.381 e. The third kappa shape index (κ3) is 5.25. The molecule has 0 radical (unpaired) electrons. The molecule has 0 amide bonds. The SMILES string of the molecule is CCCCCCC(CCCCC)N1CCC2(CCOC2)C1. The van der Waals surface area contributed by atoms with Crippen LogP contribution in [0.1, 0.15) is 84.5 Å². The fourth-order valence-electron chi connectivity index (χ4n) is 4.20. The second-order valence-corrected chi connectivity index (χ2v) is 7.52. The Balaban J connectivity index is 1.79. The molecule has 2 rings (SSSR count). The highest BCUT2D eigenvalue weighted by molar-refractivity contribution is 4.94. The fraction of sp³-hybridized carbons (Fsp3) is 1.00. The molecular formula is C19H37NO. The molecule has 2 fully saturated rings. The Hall–Kier alpha value is -0.0800. The van der Waals surface area contributed by atoms with E-state index in [2.05, 4.69) is 18.7 Å². The van der Waals surface area contributed by atoms with Crippen molar-refractivity contribution >= 4 is 0 Å². The summed E-state index contributed by atoms with van der Waals surface area (Å²) in [5.41, 5.74) is 0.534. The van der Waals surface area contributed by atoms with Gasteiger partial charge in [-0.15, -0.1) is 0 Å². The van der Waals surface area contributed by atoms with Crippen LogP contribution in [0.5, 0.6) is 0 Å². The summed E-state index contributed by atoms with van der Waals surface area (Å²) in [6.45, 7) is 9.30. The van der Waals surface area contributed by atoms with Gasteiger partial charge in [-0.05, 0) is 32.2 Å². The maximum Gasteiger partial charge on any atom is 0.0536 e. The van der Waals surface area contributed by atoms with Crippen molar-refractivity contribution in [3.8, 4) is 0 Å². The van der Waals surface area contributed by atoms with Crippen molar-refractivity contribution in [3.05, 3.63) is 0 Å². The predicted octanol–water partition coefficient (Wildman–Crippen LogP) is 5.02. The van der Waals surface area contributed by atoms with Gasteiger partial charge in [-0.1, -0.05) is 58.8 Å². The van der Waals surface area contributed by atoms with E-state index >= 15 is 0 Å². The number of likely N-dealkylation sites (tertiary alicyclic amines) is 1. The number of unbranched alkanes of at least 4 members (excludes halogenated alkanes) is 5. The molecule has 0 N–H and O–H groups in total. The molecule has 2 atom stereocenters. The second-order valence-electron chi connectivity index (χ2n) is 7.52. The van der Waals surface area contributed by atoms with Crippen LogP contribution in [-0.4, -0.2) is 37.2 Å². The summed E-state index contributed by atoms with van der Waals surface area (Å²) in [6, 6.07) is 0.855. The summed E-state index contributed by atoms with van der Waals surface area (Å²) in [4.78, 5) is 2.83. The van der Waals surface area contributed by atoms with E-state index in [0.29, 0.717) is 5.41 Å². The van der Waals surface area contributed by atoms with Gasteiger partial charge >= 0.3 is 0 Å². The van der Waals surface area contributed by atoms with Crippen molar-refractivity contribution < 1.29 is 4.74 Å². The first-order valence-electron chi connectivity index (χ1n) is 9.61. The molecule has 124 valence electrons. The lowest BCUT2D eigenvalue weighted by atomic mass is 9.86. The minimum Gasteiger partial charge on any atom is -0.381 e. The summed E-state index contributed by atoms with van der Waals surface area (Å²) in [7, 11) is 0. The highest BCUT2D eigenvalue weighted by Crippen LogP contribution is 2.40. The summed E-state index contributed by atoms with van der Waals surface area (Å²) in [5, 5.41) is 0. The third-order valence-corrected chi connectivity index (χ3v) is 5.70. The zero-order chi connectivity index (χ0) is 15.0. The Labute approximate surface area is 132 Å². The van der Waals surface area contributed by atoms with Crippen LogP contribution >= 0.6 is 0 Å². The normalized spacial score (nSPS) is 27.7. The maximum atomic E-state index is 5.70. The van der Waals surface area contributed by atoms with Crippen LogP contribution in [-0.2, 0) is 4.74 Å². The molecule has 2 aliphatic rings. The first kappa shape index (κ1) is 17.3. The van der Waals surface area contributed by atoms with E-state index < -0.39 is 0 Å². The molecular weight excluding hydrogens is 258 g/mol. The zero-order valence-corrected chi connectivity index (χ0v) is 14.5. The molecule has 1 spiro atoms. The fourth-order valence-corrected chi connectivity index (χ4v) is 4.20. The van der Waals surface area contributed by atoms with Gasteiger partial charge in [0, 0.05) is 24.6 Å². The summed E-state index contributed by atoms with van der Waals surface area (Å²) in [5.74, 6) is 0. The lowest BCUT2D eigenvalue weighted by Crippen LogP contribution is -2.36. The first-order valence-corrected chi connectivity index (χ1v) is 9.61. The summed E-state index contributed by atoms with van der Waals surface area (Å²) in [6.07, 6.45) is 15.4. The molecule has 2 heteroatoms.